The van der Waals surface area contributed by atoms with E-state index in [1.54, 1.807) is 0 Å². The van der Waals surface area contributed by atoms with E-state index in [4.69, 9.17) is 0 Å². The molecule has 0 aromatic heterocycles. The van der Waals surface area contributed by atoms with Gasteiger partial charge in [-0.3, -0.25) is 0 Å². The molecule has 0 bridgehead atoms. The molecule has 3 heteroatoms. The van der Waals surface area contributed by atoms with E-state index in [-0.39, 0.29) is 6.84 Å². The van der Waals surface area contributed by atoms with Crippen LogP contribution in [0.25, 0.3) is 0 Å². The zero-order valence-corrected chi connectivity index (χ0v) is 16.0. The lowest BCUT2D eigenvalue weighted by Gasteiger charge is -2.29. The third-order valence-corrected chi connectivity index (χ3v) is 8.01. The maximum atomic E-state index is 4.24. The zero-order chi connectivity index (χ0) is 13.0. The molecule has 0 aliphatic rings. The molecule has 2 unspecified atom stereocenters. The molecule has 0 aliphatic carbocycles. The Bertz CT molecular complexity index is 278. The van der Waals surface area contributed by atoms with E-state index in [0.29, 0.717) is 0 Å². The van der Waals surface area contributed by atoms with E-state index in [2.05, 4.69) is 92.5 Å². The van der Waals surface area contributed by atoms with Crippen molar-refractivity contribution < 1.29 is 0 Å². The van der Waals surface area contributed by atoms with Crippen LogP contribution in [0, 0.1) is 0 Å². The number of alkyl halides is 2. The van der Waals surface area contributed by atoms with Crippen LogP contribution in [0.5, 0.6) is 0 Å². The van der Waals surface area contributed by atoms with Crippen molar-refractivity contribution in [2.75, 3.05) is 0 Å². The third kappa shape index (κ3) is 4.88. The van der Waals surface area contributed by atoms with E-state index < -0.39 is 0 Å². The fourth-order valence-electron chi connectivity index (χ4n) is 1.08. The normalized spacial score (nSPS) is 20.1. The van der Waals surface area contributed by atoms with Crippen molar-refractivity contribution in [3.63, 3.8) is 0 Å². The van der Waals surface area contributed by atoms with Gasteiger partial charge in [0.1, 0.15) is 0 Å². The highest BCUT2D eigenvalue weighted by molar-refractivity contribution is 14.1. The molecule has 0 heterocycles. The number of hydrogen-bond donors (Lipinski definition) is 0. The summed E-state index contributed by atoms with van der Waals surface area (Å²) in [6.07, 6.45) is 4.51. The number of halogens is 2. The van der Waals surface area contributed by atoms with Gasteiger partial charge in [-0.05, 0) is 38.5 Å². The van der Waals surface area contributed by atoms with Crippen LogP contribution in [0.2, 0.25) is 0 Å². The van der Waals surface area contributed by atoms with E-state index in [1.807, 2.05) is 11.8 Å². The summed E-state index contributed by atoms with van der Waals surface area (Å²) in [6, 6.07) is 0. The average molecular weight is 464 g/mol. The summed E-state index contributed by atoms with van der Waals surface area (Å²) in [5, 5.41) is 0. The summed E-state index contributed by atoms with van der Waals surface area (Å²) in [6.45, 7) is 15.4. The van der Waals surface area contributed by atoms with Crippen molar-refractivity contribution in [2.24, 2.45) is 0 Å². The molecular weight excluding hydrogens is 442 g/mol. The molecule has 0 nitrogen and oxygen atoms in total. The van der Waals surface area contributed by atoms with Gasteiger partial charge in [0.05, 0.1) is 0 Å². The Labute approximate surface area is 132 Å². The van der Waals surface area contributed by atoms with Gasteiger partial charge in [0.2, 0.25) is 0 Å². The van der Waals surface area contributed by atoms with Gasteiger partial charge in [0.25, 0.3) is 0 Å². The highest BCUT2D eigenvalue weighted by Crippen LogP contribution is 2.46. The second-order valence-corrected chi connectivity index (χ2v) is 10.2. The molecule has 0 amide bonds. The number of allylic oxidation sites excluding steroid dienone is 3. The van der Waals surface area contributed by atoms with Gasteiger partial charge in [-0.15, -0.1) is 0 Å². The summed E-state index contributed by atoms with van der Waals surface area (Å²) in [4.78, 5) is 2.69. The fraction of sp³-hybridized carbons (Fsp3) is 0.692. The molecule has 0 aromatic carbocycles. The predicted molar refractivity (Wildman–Crippen MR) is 95.9 cm³/mol. The van der Waals surface area contributed by atoms with Crippen LogP contribution in [0.15, 0.2) is 22.5 Å². The van der Waals surface area contributed by atoms with Gasteiger partial charge in [0, 0.05) is 11.7 Å². The molecule has 0 fully saturated rings. The molecule has 0 aliphatic heterocycles. The highest BCUT2D eigenvalue weighted by atomic mass is 127. The van der Waals surface area contributed by atoms with Gasteiger partial charge in [-0.25, -0.2) is 0 Å². The Balaban J connectivity index is 4.79. The van der Waals surface area contributed by atoms with Gasteiger partial charge in [-0.2, -0.15) is 0 Å². The third-order valence-electron chi connectivity index (χ3n) is 2.92. The van der Waals surface area contributed by atoms with Crippen molar-refractivity contribution in [1.29, 1.82) is 0 Å². The Morgan fingerprint density at radius 2 is 1.62 bits per heavy atom. The minimum atomic E-state index is 0.192. The number of thioether (sulfide) groups is 1. The van der Waals surface area contributed by atoms with Crippen molar-refractivity contribution in [1.82, 2.24) is 0 Å². The Morgan fingerprint density at radius 1 is 1.19 bits per heavy atom. The smallest absolute Gasteiger partial charge is 0.0499 e. The summed E-state index contributed by atoms with van der Waals surface area (Å²) in [7, 11) is 0. The zero-order valence-electron chi connectivity index (χ0n) is 10.9. The van der Waals surface area contributed by atoms with Crippen LogP contribution < -0.4 is 0 Å². The number of rotatable bonds is 6. The topological polar surface area (TPSA) is 0 Å². The fourth-order valence-corrected chi connectivity index (χ4v) is 3.15. The molecule has 2 atom stereocenters. The largest absolute Gasteiger partial charge is 0.0972 e. The first kappa shape index (κ1) is 17.3. The van der Waals surface area contributed by atoms with E-state index in [0.717, 1.165) is 12.8 Å². The summed E-state index contributed by atoms with van der Waals surface area (Å²) in [5.41, 5.74) is 0. The van der Waals surface area contributed by atoms with Crippen molar-refractivity contribution in [2.45, 2.75) is 54.3 Å². The molecule has 16 heavy (non-hydrogen) atoms. The maximum absolute atomic E-state index is 4.24. The Morgan fingerprint density at radius 3 is 1.94 bits per heavy atom. The second-order valence-electron chi connectivity index (χ2n) is 4.28. The van der Waals surface area contributed by atoms with E-state index in [1.165, 1.54) is 9.81 Å². The molecule has 0 saturated carbocycles. The summed E-state index contributed by atoms with van der Waals surface area (Å²) in [5.74, 6) is 0. The first-order chi connectivity index (χ1) is 7.21. The van der Waals surface area contributed by atoms with E-state index >= 15 is 0 Å². The van der Waals surface area contributed by atoms with Crippen LogP contribution in [0.3, 0.4) is 0 Å². The number of hydrogen-bond acceptors (Lipinski definition) is 1. The van der Waals surface area contributed by atoms with Crippen LogP contribution >= 0.6 is 56.9 Å². The first-order valence-corrected chi connectivity index (χ1v) is 8.60. The molecule has 0 saturated heterocycles. The minimum Gasteiger partial charge on any atom is -0.0972 e. The maximum Gasteiger partial charge on any atom is 0.0499 e. The lowest BCUT2D eigenvalue weighted by atomic mass is 10.1. The minimum absolute atomic E-state index is 0.192. The van der Waals surface area contributed by atoms with E-state index in [9.17, 15) is 0 Å². The SMILES string of the molecule is C=C(S/C(=C\C)C(C)(I)CC)C(C)(I)CC. The van der Waals surface area contributed by atoms with Crippen LogP contribution in [-0.2, 0) is 0 Å². The lowest BCUT2D eigenvalue weighted by Crippen LogP contribution is -2.19. The molecule has 0 aromatic rings. The second kappa shape index (κ2) is 7.02. The molecule has 0 radical (unpaired) electrons. The predicted octanol–water partition coefficient (Wildman–Crippen LogP) is 6.34. The summed E-state index contributed by atoms with van der Waals surface area (Å²) >= 11 is 6.91. The highest BCUT2D eigenvalue weighted by Gasteiger charge is 2.28. The van der Waals surface area contributed by atoms with Gasteiger partial charge >= 0.3 is 0 Å². The van der Waals surface area contributed by atoms with Gasteiger partial charge in [-0.1, -0.05) is 83.4 Å². The molecular formula is C13H22I2S. The van der Waals surface area contributed by atoms with Crippen LogP contribution in [-0.4, -0.2) is 6.84 Å². The van der Waals surface area contributed by atoms with Gasteiger partial charge < -0.3 is 0 Å². The van der Waals surface area contributed by atoms with Gasteiger partial charge in [0.15, 0.2) is 0 Å². The molecule has 0 N–H and O–H groups in total. The first-order valence-electron chi connectivity index (χ1n) is 5.63. The molecule has 0 spiro atoms. The summed E-state index contributed by atoms with van der Waals surface area (Å²) < 4.78 is 0.428. The molecule has 0 rings (SSSR count). The lowest BCUT2D eigenvalue weighted by molar-refractivity contribution is 0.770. The monoisotopic (exact) mass is 464 g/mol. The standard InChI is InChI=1S/C13H22I2S/c1-7-11(13(6,15)9-3)16-10(4)12(5,14)8-2/h7H,4,8-9H2,1-3,5-6H3/b11-7-. The van der Waals surface area contributed by atoms with Crippen molar-refractivity contribution in [3.05, 3.63) is 22.5 Å². The average Bonchev–Trinajstić information content (AvgIpc) is 2.24. The van der Waals surface area contributed by atoms with Crippen molar-refractivity contribution >= 4 is 56.9 Å². The van der Waals surface area contributed by atoms with Crippen LogP contribution in [0.1, 0.15) is 47.5 Å². The van der Waals surface area contributed by atoms with Crippen molar-refractivity contribution in [3.8, 4) is 0 Å². The van der Waals surface area contributed by atoms with Crippen LogP contribution in [0.4, 0.5) is 0 Å². The quantitative estimate of drug-likeness (QED) is 0.327. The Kier molecular flexibility index (Phi) is 7.59. The Hall–Kier alpha value is 1.29. The molecule has 94 valence electrons.